The lowest BCUT2D eigenvalue weighted by Gasteiger charge is -2.25. The van der Waals surface area contributed by atoms with Crippen LogP contribution in [0, 0.1) is 5.92 Å². The van der Waals surface area contributed by atoms with Crippen LogP contribution in [0.25, 0.3) is 10.9 Å². The highest BCUT2D eigenvalue weighted by atomic mass is 16.3. The zero-order chi connectivity index (χ0) is 15.5. The number of carbonyl (C=O) groups is 1. The van der Waals surface area contributed by atoms with E-state index >= 15 is 0 Å². The topological polar surface area (TPSA) is 54.3 Å². The Kier molecular flexibility index (Phi) is 4.48. The smallest absolute Gasteiger partial charge is 0.224 e. The van der Waals surface area contributed by atoms with Crippen LogP contribution in [0.3, 0.4) is 0 Å². The Morgan fingerprint density at radius 1 is 1.36 bits per heavy atom. The monoisotopic (exact) mass is 300 g/mol. The summed E-state index contributed by atoms with van der Waals surface area (Å²) in [7, 11) is 2.01. The molecule has 0 spiro atoms. The van der Waals surface area contributed by atoms with Crippen molar-refractivity contribution in [2.24, 2.45) is 13.0 Å². The van der Waals surface area contributed by atoms with Gasteiger partial charge in [0.2, 0.25) is 5.91 Å². The third kappa shape index (κ3) is 3.33. The van der Waals surface area contributed by atoms with Crippen LogP contribution in [0.15, 0.2) is 30.5 Å². The molecule has 118 valence electrons. The zero-order valence-corrected chi connectivity index (χ0v) is 13.1. The van der Waals surface area contributed by atoms with Crippen molar-refractivity contribution in [3.8, 4) is 0 Å². The molecule has 22 heavy (non-hydrogen) atoms. The van der Waals surface area contributed by atoms with Crippen LogP contribution >= 0.6 is 0 Å². The standard InChI is InChI=1S/C18H24N2O2/c1-20-12-14(16-7-2-3-8-17(16)20)10-18(22)19-11-13-5-4-6-15(21)9-13/h2-3,7-8,12-13,15,21H,4-6,9-11H2,1H3,(H,19,22). The maximum Gasteiger partial charge on any atom is 0.224 e. The number of nitrogens with one attached hydrogen (secondary N) is 1. The average molecular weight is 300 g/mol. The van der Waals surface area contributed by atoms with Gasteiger partial charge < -0.3 is 15.0 Å². The van der Waals surface area contributed by atoms with Gasteiger partial charge in [-0.05, 0) is 36.8 Å². The quantitative estimate of drug-likeness (QED) is 0.911. The lowest BCUT2D eigenvalue weighted by atomic mass is 9.87. The summed E-state index contributed by atoms with van der Waals surface area (Å²) in [5, 5.41) is 13.9. The number of amides is 1. The molecule has 1 aliphatic rings. The molecule has 4 heteroatoms. The third-order valence-electron chi connectivity index (χ3n) is 4.67. The van der Waals surface area contributed by atoms with Gasteiger partial charge in [0.25, 0.3) is 0 Å². The minimum atomic E-state index is -0.186. The molecule has 2 aromatic rings. The first-order valence-electron chi connectivity index (χ1n) is 8.11. The number of hydrogen-bond acceptors (Lipinski definition) is 2. The second-order valence-corrected chi connectivity index (χ2v) is 6.45. The molecule has 1 aromatic carbocycles. The highest BCUT2D eigenvalue weighted by Gasteiger charge is 2.20. The summed E-state index contributed by atoms with van der Waals surface area (Å²) in [6.45, 7) is 0.681. The molecule has 0 bridgehead atoms. The van der Waals surface area contributed by atoms with Crippen molar-refractivity contribution in [2.75, 3.05) is 6.54 Å². The predicted octanol–water partition coefficient (Wildman–Crippen LogP) is 2.39. The molecule has 4 nitrogen and oxygen atoms in total. The highest BCUT2D eigenvalue weighted by Crippen LogP contribution is 2.24. The number of hydrogen-bond donors (Lipinski definition) is 2. The molecule has 1 aliphatic carbocycles. The van der Waals surface area contributed by atoms with E-state index in [1.807, 2.05) is 25.4 Å². The van der Waals surface area contributed by atoms with Crippen LogP contribution in [-0.2, 0) is 18.3 Å². The molecule has 1 aromatic heterocycles. The van der Waals surface area contributed by atoms with E-state index in [9.17, 15) is 9.90 Å². The molecule has 1 saturated carbocycles. The van der Waals surface area contributed by atoms with Gasteiger partial charge in [0, 0.05) is 30.7 Å². The molecule has 2 unspecified atom stereocenters. The number of carbonyl (C=O) groups excluding carboxylic acids is 1. The van der Waals surface area contributed by atoms with E-state index in [1.165, 1.54) is 0 Å². The number of aromatic nitrogens is 1. The Balaban J connectivity index is 1.59. The van der Waals surface area contributed by atoms with E-state index in [4.69, 9.17) is 0 Å². The summed E-state index contributed by atoms with van der Waals surface area (Å²) in [6.07, 6.45) is 6.14. The van der Waals surface area contributed by atoms with Crippen LogP contribution in [-0.4, -0.2) is 28.2 Å². The Morgan fingerprint density at radius 2 is 2.18 bits per heavy atom. The van der Waals surface area contributed by atoms with Gasteiger partial charge in [-0.2, -0.15) is 0 Å². The molecule has 0 aliphatic heterocycles. The minimum Gasteiger partial charge on any atom is -0.393 e. The first-order chi connectivity index (χ1) is 10.6. The Hall–Kier alpha value is -1.81. The number of aliphatic hydroxyl groups is 1. The van der Waals surface area contributed by atoms with Gasteiger partial charge in [-0.3, -0.25) is 4.79 Å². The van der Waals surface area contributed by atoms with Gasteiger partial charge in [0.1, 0.15) is 0 Å². The molecule has 1 fully saturated rings. The molecular formula is C18H24N2O2. The van der Waals surface area contributed by atoms with Crippen molar-refractivity contribution in [3.63, 3.8) is 0 Å². The van der Waals surface area contributed by atoms with E-state index < -0.39 is 0 Å². The number of para-hydroxylation sites is 1. The zero-order valence-electron chi connectivity index (χ0n) is 13.1. The molecule has 2 N–H and O–H groups in total. The van der Waals surface area contributed by atoms with Crippen LogP contribution in [0.4, 0.5) is 0 Å². The molecule has 2 atom stereocenters. The first-order valence-corrected chi connectivity index (χ1v) is 8.11. The maximum absolute atomic E-state index is 12.2. The normalized spacial score (nSPS) is 21.9. The van der Waals surface area contributed by atoms with E-state index in [0.29, 0.717) is 18.9 Å². The van der Waals surface area contributed by atoms with Crippen LogP contribution in [0.5, 0.6) is 0 Å². The Bertz CT molecular complexity index is 662. The van der Waals surface area contributed by atoms with Crippen molar-refractivity contribution in [3.05, 3.63) is 36.0 Å². The van der Waals surface area contributed by atoms with Gasteiger partial charge >= 0.3 is 0 Å². The van der Waals surface area contributed by atoms with E-state index in [2.05, 4.69) is 22.0 Å². The van der Waals surface area contributed by atoms with Gasteiger partial charge in [-0.25, -0.2) is 0 Å². The number of rotatable bonds is 4. The lowest BCUT2D eigenvalue weighted by molar-refractivity contribution is -0.120. The SMILES string of the molecule is Cn1cc(CC(=O)NCC2CCCC(O)C2)c2ccccc21. The fourth-order valence-corrected chi connectivity index (χ4v) is 3.51. The van der Waals surface area contributed by atoms with Gasteiger partial charge in [0.15, 0.2) is 0 Å². The Morgan fingerprint density at radius 3 is 3.00 bits per heavy atom. The summed E-state index contributed by atoms with van der Waals surface area (Å²) < 4.78 is 2.06. The molecule has 1 heterocycles. The van der Waals surface area contributed by atoms with Crippen molar-refractivity contribution >= 4 is 16.8 Å². The van der Waals surface area contributed by atoms with E-state index in [-0.39, 0.29) is 12.0 Å². The molecule has 0 saturated heterocycles. The summed E-state index contributed by atoms with van der Waals surface area (Å²) in [6, 6.07) is 8.16. The summed E-state index contributed by atoms with van der Waals surface area (Å²) >= 11 is 0. The maximum atomic E-state index is 12.2. The van der Waals surface area contributed by atoms with Crippen LogP contribution in [0.1, 0.15) is 31.2 Å². The van der Waals surface area contributed by atoms with Crippen molar-refractivity contribution in [1.29, 1.82) is 0 Å². The van der Waals surface area contributed by atoms with Crippen molar-refractivity contribution < 1.29 is 9.90 Å². The molecule has 3 rings (SSSR count). The van der Waals surface area contributed by atoms with Gasteiger partial charge in [-0.1, -0.05) is 24.6 Å². The number of aryl methyl sites for hydroxylation is 1. The molecule has 0 radical (unpaired) electrons. The summed E-state index contributed by atoms with van der Waals surface area (Å²) in [5.74, 6) is 0.483. The second kappa shape index (κ2) is 6.53. The lowest BCUT2D eigenvalue weighted by Crippen LogP contribution is -2.33. The van der Waals surface area contributed by atoms with Crippen molar-refractivity contribution in [2.45, 2.75) is 38.2 Å². The molecular weight excluding hydrogens is 276 g/mol. The fraction of sp³-hybridized carbons (Fsp3) is 0.500. The number of fused-ring (bicyclic) bond motifs is 1. The number of benzene rings is 1. The summed E-state index contributed by atoms with van der Waals surface area (Å²) in [4.78, 5) is 12.2. The largest absolute Gasteiger partial charge is 0.393 e. The predicted molar refractivity (Wildman–Crippen MR) is 87.6 cm³/mol. The highest BCUT2D eigenvalue weighted by molar-refractivity contribution is 5.89. The minimum absolute atomic E-state index is 0.0661. The molecule has 1 amide bonds. The Labute approximate surface area is 131 Å². The first kappa shape index (κ1) is 15.1. The summed E-state index contributed by atoms with van der Waals surface area (Å²) in [5.41, 5.74) is 2.22. The number of aliphatic hydroxyl groups excluding tert-OH is 1. The van der Waals surface area contributed by atoms with Crippen LogP contribution < -0.4 is 5.32 Å². The van der Waals surface area contributed by atoms with Gasteiger partial charge in [-0.15, -0.1) is 0 Å². The van der Waals surface area contributed by atoms with E-state index in [0.717, 1.165) is 42.1 Å². The van der Waals surface area contributed by atoms with Crippen molar-refractivity contribution in [1.82, 2.24) is 9.88 Å². The fourth-order valence-electron chi connectivity index (χ4n) is 3.51. The van der Waals surface area contributed by atoms with Gasteiger partial charge in [0.05, 0.1) is 12.5 Å². The third-order valence-corrected chi connectivity index (χ3v) is 4.67. The number of nitrogens with zero attached hydrogens (tertiary/aromatic N) is 1. The average Bonchev–Trinajstić information content (AvgIpc) is 2.82. The second-order valence-electron chi connectivity index (χ2n) is 6.45. The van der Waals surface area contributed by atoms with E-state index in [1.54, 1.807) is 0 Å². The van der Waals surface area contributed by atoms with Crippen LogP contribution in [0.2, 0.25) is 0 Å².